The minimum absolute atomic E-state index is 0.0950. The zero-order valence-electron chi connectivity index (χ0n) is 13.6. The molecule has 4 aromatic rings. The summed E-state index contributed by atoms with van der Waals surface area (Å²) in [5, 5.41) is 4.84. The van der Waals surface area contributed by atoms with E-state index in [9.17, 15) is 18.0 Å². The van der Waals surface area contributed by atoms with Crippen molar-refractivity contribution in [2.45, 2.75) is 6.18 Å². The molecule has 0 fully saturated rings. The van der Waals surface area contributed by atoms with Crippen LogP contribution in [0.5, 0.6) is 0 Å². The smallest absolute Gasteiger partial charge is 0.326 e. The van der Waals surface area contributed by atoms with Gasteiger partial charge in [-0.1, -0.05) is 18.2 Å². The average molecular weight is 372 g/mol. The number of rotatable bonds is 3. The highest BCUT2D eigenvalue weighted by molar-refractivity contribution is 5.93. The summed E-state index contributed by atoms with van der Waals surface area (Å²) >= 11 is 0. The molecule has 3 heterocycles. The van der Waals surface area contributed by atoms with E-state index in [0.717, 1.165) is 11.3 Å². The van der Waals surface area contributed by atoms with E-state index in [0.29, 0.717) is 15.7 Å². The number of hydrogen-bond acceptors (Lipinski definition) is 4. The predicted molar refractivity (Wildman–Crippen MR) is 89.9 cm³/mol. The molecule has 0 atom stereocenters. The molecular weight excluding hydrogens is 361 g/mol. The number of halogens is 3. The largest absolute Gasteiger partial charge is 0.493 e. The lowest BCUT2D eigenvalue weighted by molar-refractivity contribution is -0.199. The molecule has 6 nitrogen and oxygen atoms in total. The second-order valence-electron chi connectivity index (χ2n) is 5.62. The summed E-state index contributed by atoms with van der Waals surface area (Å²) in [6.07, 6.45) is 0.983. The van der Waals surface area contributed by atoms with Gasteiger partial charge >= 0.3 is 12.1 Å². The lowest BCUT2D eigenvalue weighted by Gasteiger charge is -2.08. The molecule has 0 aliphatic rings. The zero-order chi connectivity index (χ0) is 19.0. The first-order valence-corrected chi connectivity index (χ1v) is 7.79. The van der Waals surface area contributed by atoms with Gasteiger partial charge in [0, 0.05) is 29.5 Å². The van der Waals surface area contributed by atoms with Gasteiger partial charge in [-0.05, 0) is 29.8 Å². The van der Waals surface area contributed by atoms with E-state index >= 15 is 0 Å². The van der Waals surface area contributed by atoms with Gasteiger partial charge in [-0.2, -0.15) is 23.0 Å². The molecule has 1 aromatic carbocycles. The molecule has 0 aliphatic heterocycles. The minimum atomic E-state index is -5.09. The molecule has 0 N–H and O–H groups in total. The van der Waals surface area contributed by atoms with Crippen molar-refractivity contribution in [1.82, 2.24) is 19.5 Å². The van der Waals surface area contributed by atoms with Crippen molar-refractivity contribution in [2.75, 3.05) is 0 Å². The Labute approximate surface area is 150 Å². The number of pyridine rings is 1. The number of fused-ring (bicyclic) bond motifs is 1. The Balaban J connectivity index is 1.72. The Hall–Kier alpha value is -3.62. The topological polar surface area (TPSA) is 61.9 Å². The number of benzene rings is 1. The molecule has 0 saturated heterocycles. The maximum Gasteiger partial charge on any atom is 0.493 e. The highest BCUT2D eigenvalue weighted by atomic mass is 19.4. The fraction of sp³-hybridized carbons (Fsp3) is 0.0556. The van der Waals surface area contributed by atoms with Crippen molar-refractivity contribution in [3.05, 3.63) is 67.3 Å². The third-order valence-electron chi connectivity index (χ3n) is 3.88. The fourth-order valence-electron chi connectivity index (χ4n) is 2.67. The van der Waals surface area contributed by atoms with E-state index in [-0.39, 0.29) is 5.65 Å². The first kappa shape index (κ1) is 16.8. The molecule has 0 bridgehead atoms. The van der Waals surface area contributed by atoms with Crippen LogP contribution in [-0.2, 0) is 4.79 Å². The molecule has 0 spiro atoms. The summed E-state index contributed by atoms with van der Waals surface area (Å²) in [5.74, 6) is -2.32. The lowest BCUT2D eigenvalue weighted by Crippen LogP contribution is -2.33. The Morgan fingerprint density at radius 3 is 2.59 bits per heavy atom. The van der Waals surface area contributed by atoms with Crippen LogP contribution in [0.25, 0.3) is 27.8 Å². The molecule has 0 amide bonds. The Morgan fingerprint density at radius 1 is 1.07 bits per heavy atom. The second kappa shape index (κ2) is 6.27. The number of para-hydroxylation sites is 1. The maximum atomic E-state index is 12.4. The Morgan fingerprint density at radius 2 is 1.85 bits per heavy atom. The molecule has 0 unspecified atom stereocenters. The molecule has 0 radical (unpaired) electrons. The third kappa shape index (κ3) is 3.14. The standard InChI is InChI=1S/C18H11F3N4O2/c19-18(20,21)17(26)27-25-9-7-15-14(6-8-22-16(15)25)12-10-23-24(11-12)13-4-2-1-3-5-13/h1-11H. The first-order chi connectivity index (χ1) is 12.9. The molecular formula is C18H11F3N4O2. The van der Waals surface area contributed by atoms with Crippen LogP contribution in [0.3, 0.4) is 0 Å². The van der Waals surface area contributed by atoms with Gasteiger partial charge in [0.1, 0.15) is 0 Å². The van der Waals surface area contributed by atoms with Crippen LogP contribution < -0.4 is 4.84 Å². The van der Waals surface area contributed by atoms with Gasteiger partial charge in [0.15, 0.2) is 5.65 Å². The maximum absolute atomic E-state index is 12.4. The highest BCUT2D eigenvalue weighted by Gasteiger charge is 2.42. The molecule has 0 aliphatic carbocycles. The van der Waals surface area contributed by atoms with Gasteiger partial charge in [-0.15, -0.1) is 0 Å². The van der Waals surface area contributed by atoms with E-state index < -0.39 is 12.1 Å². The van der Waals surface area contributed by atoms with Crippen molar-refractivity contribution in [3.8, 4) is 16.8 Å². The Bertz CT molecular complexity index is 1120. The van der Waals surface area contributed by atoms with Gasteiger partial charge in [0.05, 0.1) is 11.9 Å². The van der Waals surface area contributed by atoms with Crippen molar-refractivity contribution in [1.29, 1.82) is 0 Å². The van der Waals surface area contributed by atoms with Crippen LogP contribution in [0.2, 0.25) is 0 Å². The van der Waals surface area contributed by atoms with Gasteiger partial charge in [0.2, 0.25) is 0 Å². The summed E-state index contributed by atoms with van der Waals surface area (Å²) in [5.41, 5.74) is 2.40. The summed E-state index contributed by atoms with van der Waals surface area (Å²) in [6.45, 7) is 0. The van der Waals surface area contributed by atoms with Crippen molar-refractivity contribution in [3.63, 3.8) is 0 Å². The van der Waals surface area contributed by atoms with Gasteiger partial charge in [-0.3, -0.25) is 0 Å². The molecule has 136 valence electrons. The van der Waals surface area contributed by atoms with E-state index in [1.807, 2.05) is 30.3 Å². The lowest BCUT2D eigenvalue weighted by atomic mass is 10.1. The van der Waals surface area contributed by atoms with E-state index in [1.165, 1.54) is 18.5 Å². The fourth-order valence-corrected chi connectivity index (χ4v) is 2.67. The number of alkyl halides is 3. The second-order valence-corrected chi connectivity index (χ2v) is 5.62. The van der Waals surface area contributed by atoms with Crippen LogP contribution in [0, 0.1) is 0 Å². The monoisotopic (exact) mass is 372 g/mol. The zero-order valence-corrected chi connectivity index (χ0v) is 13.6. The van der Waals surface area contributed by atoms with Crippen molar-refractivity contribution < 1.29 is 22.8 Å². The van der Waals surface area contributed by atoms with Crippen LogP contribution in [0.15, 0.2) is 67.3 Å². The quantitative estimate of drug-likeness (QED) is 0.553. The van der Waals surface area contributed by atoms with Crippen molar-refractivity contribution >= 4 is 17.0 Å². The van der Waals surface area contributed by atoms with Crippen LogP contribution >= 0.6 is 0 Å². The van der Waals surface area contributed by atoms with E-state index in [2.05, 4.69) is 14.9 Å². The number of aromatic nitrogens is 4. The first-order valence-electron chi connectivity index (χ1n) is 7.79. The Kier molecular flexibility index (Phi) is 3.91. The summed E-state index contributed by atoms with van der Waals surface area (Å²) < 4.78 is 39.7. The molecule has 27 heavy (non-hydrogen) atoms. The number of hydrogen-bond donors (Lipinski definition) is 0. The number of nitrogens with zero attached hydrogens (tertiary/aromatic N) is 4. The average Bonchev–Trinajstić information content (AvgIpc) is 3.29. The van der Waals surface area contributed by atoms with E-state index in [4.69, 9.17) is 0 Å². The summed E-state index contributed by atoms with van der Waals surface area (Å²) in [4.78, 5) is 19.5. The normalized spacial score (nSPS) is 11.7. The summed E-state index contributed by atoms with van der Waals surface area (Å²) in [7, 11) is 0. The summed E-state index contributed by atoms with van der Waals surface area (Å²) in [6, 6.07) is 12.7. The van der Waals surface area contributed by atoms with Crippen molar-refractivity contribution in [2.24, 2.45) is 0 Å². The molecule has 4 rings (SSSR count). The van der Waals surface area contributed by atoms with Gasteiger partial charge in [-0.25, -0.2) is 14.5 Å². The number of carbonyl (C=O) groups excluding carboxylic acids is 1. The van der Waals surface area contributed by atoms with Gasteiger partial charge in [0.25, 0.3) is 0 Å². The number of carbonyl (C=O) groups is 1. The van der Waals surface area contributed by atoms with Crippen LogP contribution in [-0.4, -0.2) is 31.6 Å². The third-order valence-corrected chi connectivity index (χ3v) is 3.88. The predicted octanol–water partition coefficient (Wildman–Crippen LogP) is 3.41. The SMILES string of the molecule is O=C(On1ccc2c(-c3cnn(-c4ccccc4)c3)ccnc21)C(F)(F)F. The van der Waals surface area contributed by atoms with Crippen LogP contribution in [0.1, 0.15) is 0 Å². The molecule has 3 aromatic heterocycles. The molecule has 0 saturated carbocycles. The van der Waals surface area contributed by atoms with Crippen LogP contribution in [0.4, 0.5) is 13.2 Å². The van der Waals surface area contributed by atoms with E-state index in [1.54, 1.807) is 23.1 Å². The minimum Gasteiger partial charge on any atom is -0.326 e. The van der Waals surface area contributed by atoms with Gasteiger partial charge < -0.3 is 4.84 Å². The molecule has 9 heteroatoms. The highest BCUT2D eigenvalue weighted by Crippen LogP contribution is 2.28.